The van der Waals surface area contributed by atoms with Gasteiger partial charge in [-0.05, 0) is 56.1 Å². The van der Waals surface area contributed by atoms with E-state index in [-0.39, 0.29) is 4.90 Å². The Balaban J connectivity index is 1.54. The highest BCUT2D eigenvalue weighted by Gasteiger charge is 2.16. The monoisotopic (exact) mass is 386 g/mol. The highest BCUT2D eigenvalue weighted by Crippen LogP contribution is 2.20. The molecular formula is C18H22N6O2S. The van der Waals surface area contributed by atoms with Crippen molar-refractivity contribution in [3.8, 4) is 0 Å². The smallest absolute Gasteiger partial charge is 0.229 e. The Bertz CT molecular complexity index is 1040. The number of benzene rings is 1. The Morgan fingerprint density at radius 1 is 1.19 bits per heavy atom. The number of anilines is 2. The molecule has 0 unspecified atom stereocenters. The van der Waals surface area contributed by atoms with E-state index in [2.05, 4.69) is 25.7 Å². The second kappa shape index (κ2) is 7.24. The maximum Gasteiger partial charge on any atom is 0.229 e. The molecule has 1 saturated heterocycles. The summed E-state index contributed by atoms with van der Waals surface area (Å²) in [5, 5.41) is 11.9. The second-order valence-corrected chi connectivity index (χ2v) is 8.93. The van der Waals surface area contributed by atoms with Crippen LogP contribution in [-0.2, 0) is 16.4 Å². The largest absolute Gasteiger partial charge is 0.324 e. The van der Waals surface area contributed by atoms with Gasteiger partial charge in [-0.15, -0.1) is 0 Å². The molecule has 0 saturated carbocycles. The predicted octanol–water partition coefficient (Wildman–Crippen LogP) is 1.97. The topological polar surface area (TPSA) is 102 Å². The fraction of sp³-hybridized carbons (Fsp3) is 0.389. The van der Waals surface area contributed by atoms with Crippen LogP contribution in [0.5, 0.6) is 0 Å². The molecule has 2 aromatic heterocycles. The summed E-state index contributed by atoms with van der Waals surface area (Å²) < 4.78 is 25.1. The van der Waals surface area contributed by atoms with Crippen LogP contribution in [0.2, 0.25) is 0 Å². The van der Waals surface area contributed by atoms with Crippen molar-refractivity contribution in [3.63, 3.8) is 0 Å². The van der Waals surface area contributed by atoms with E-state index in [0.717, 1.165) is 49.2 Å². The van der Waals surface area contributed by atoms with Crippen LogP contribution in [0.15, 0.2) is 41.6 Å². The predicted molar refractivity (Wildman–Crippen MR) is 104 cm³/mol. The van der Waals surface area contributed by atoms with Crippen LogP contribution < -0.4 is 10.6 Å². The van der Waals surface area contributed by atoms with Crippen molar-refractivity contribution in [2.75, 3.05) is 24.7 Å². The quantitative estimate of drug-likeness (QED) is 0.691. The molecule has 0 spiro atoms. The van der Waals surface area contributed by atoms with Crippen LogP contribution >= 0.6 is 0 Å². The van der Waals surface area contributed by atoms with Crippen LogP contribution in [-0.4, -0.2) is 47.5 Å². The lowest BCUT2D eigenvalue weighted by Gasteiger charge is -2.22. The van der Waals surface area contributed by atoms with E-state index in [1.807, 2.05) is 4.68 Å². The maximum atomic E-state index is 11.6. The SMILES string of the molecule is CS(=O)(=O)c1ccc(Nc2ncc3cnn(CC4CCNCC4)c3n2)cc1. The molecule has 1 aromatic carbocycles. The van der Waals surface area contributed by atoms with Crippen LogP contribution in [0.25, 0.3) is 11.0 Å². The Morgan fingerprint density at radius 3 is 2.63 bits per heavy atom. The van der Waals surface area contributed by atoms with Gasteiger partial charge in [0.25, 0.3) is 0 Å². The van der Waals surface area contributed by atoms with Gasteiger partial charge in [-0.3, -0.25) is 0 Å². The summed E-state index contributed by atoms with van der Waals surface area (Å²) in [5.41, 5.74) is 1.53. The molecule has 1 aliphatic heterocycles. The third-order valence-corrected chi connectivity index (χ3v) is 5.93. The van der Waals surface area contributed by atoms with E-state index < -0.39 is 9.84 Å². The summed E-state index contributed by atoms with van der Waals surface area (Å²) in [6.07, 6.45) is 7.02. The average molecular weight is 386 g/mol. The number of hydrogen-bond donors (Lipinski definition) is 2. The van der Waals surface area contributed by atoms with E-state index in [0.29, 0.717) is 11.9 Å². The first kappa shape index (κ1) is 17.9. The summed E-state index contributed by atoms with van der Waals surface area (Å²) >= 11 is 0. The Labute approximate surface area is 157 Å². The number of hydrogen-bond acceptors (Lipinski definition) is 7. The van der Waals surface area contributed by atoms with E-state index >= 15 is 0 Å². The van der Waals surface area contributed by atoms with Gasteiger partial charge < -0.3 is 10.6 Å². The number of rotatable bonds is 5. The number of nitrogens with one attached hydrogen (secondary N) is 2. The molecule has 0 amide bonds. The maximum absolute atomic E-state index is 11.6. The molecule has 27 heavy (non-hydrogen) atoms. The van der Waals surface area contributed by atoms with Crippen molar-refractivity contribution in [1.82, 2.24) is 25.1 Å². The zero-order chi connectivity index (χ0) is 18.9. The molecule has 142 valence electrons. The normalized spacial score (nSPS) is 15.9. The van der Waals surface area contributed by atoms with Crippen molar-refractivity contribution < 1.29 is 8.42 Å². The van der Waals surface area contributed by atoms with E-state index in [1.54, 1.807) is 36.7 Å². The van der Waals surface area contributed by atoms with Gasteiger partial charge in [-0.25, -0.2) is 18.1 Å². The van der Waals surface area contributed by atoms with Gasteiger partial charge in [0, 0.05) is 24.7 Å². The molecule has 0 radical (unpaired) electrons. The van der Waals surface area contributed by atoms with Crippen LogP contribution in [0.1, 0.15) is 12.8 Å². The van der Waals surface area contributed by atoms with Crippen molar-refractivity contribution in [1.29, 1.82) is 0 Å². The van der Waals surface area contributed by atoms with Crippen molar-refractivity contribution in [3.05, 3.63) is 36.7 Å². The Hall–Kier alpha value is -2.52. The van der Waals surface area contributed by atoms with Crippen molar-refractivity contribution >= 4 is 32.5 Å². The zero-order valence-electron chi connectivity index (χ0n) is 15.1. The third-order valence-electron chi connectivity index (χ3n) is 4.81. The molecule has 0 aliphatic carbocycles. The third kappa shape index (κ3) is 4.09. The summed E-state index contributed by atoms with van der Waals surface area (Å²) in [5.74, 6) is 1.06. The number of nitrogens with zero attached hydrogens (tertiary/aromatic N) is 4. The van der Waals surface area contributed by atoms with Crippen molar-refractivity contribution in [2.24, 2.45) is 5.92 Å². The summed E-state index contributed by atoms with van der Waals surface area (Å²) in [6, 6.07) is 6.54. The van der Waals surface area contributed by atoms with Crippen LogP contribution in [0, 0.1) is 5.92 Å². The van der Waals surface area contributed by atoms with Crippen molar-refractivity contribution in [2.45, 2.75) is 24.3 Å². The highest BCUT2D eigenvalue weighted by atomic mass is 32.2. The Kier molecular flexibility index (Phi) is 4.79. The molecule has 8 nitrogen and oxygen atoms in total. The van der Waals surface area contributed by atoms with Crippen LogP contribution in [0.3, 0.4) is 0 Å². The lowest BCUT2D eigenvalue weighted by molar-refractivity contribution is 0.324. The van der Waals surface area contributed by atoms with Gasteiger partial charge in [0.2, 0.25) is 5.95 Å². The van der Waals surface area contributed by atoms with Gasteiger partial charge >= 0.3 is 0 Å². The summed E-state index contributed by atoms with van der Waals surface area (Å²) in [4.78, 5) is 9.22. The lowest BCUT2D eigenvalue weighted by Crippen LogP contribution is -2.30. The summed E-state index contributed by atoms with van der Waals surface area (Å²) in [7, 11) is -3.21. The highest BCUT2D eigenvalue weighted by molar-refractivity contribution is 7.90. The molecule has 3 aromatic rings. The molecule has 9 heteroatoms. The van der Waals surface area contributed by atoms with E-state index in [9.17, 15) is 8.42 Å². The van der Waals surface area contributed by atoms with Gasteiger partial charge in [0.15, 0.2) is 15.5 Å². The number of aromatic nitrogens is 4. The molecule has 4 rings (SSSR count). The fourth-order valence-electron chi connectivity index (χ4n) is 3.28. The number of piperidine rings is 1. The van der Waals surface area contributed by atoms with Gasteiger partial charge in [-0.1, -0.05) is 0 Å². The average Bonchev–Trinajstić information content (AvgIpc) is 3.04. The zero-order valence-corrected chi connectivity index (χ0v) is 15.9. The number of fused-ring (bicyclic) bond motifs is 1. The fourth-order valence-corrected chi connectivity index (χ4v) is 3.91. The molecular weight excluding hydrogens is 364 g/mol. The lowest BCUT2D eigenvalue weighted by atomic mass is 9.98. The first-order chi connectivity index (χ1) is 13.0. The first-order valence-electron chi connectivity index (χ1n) is 8.95. The first-order valence-corrected chi connectivity index (χ1v) is 10.8. The molecule has 3 heterocycles. The second-order valence-electron chi connectivity index (χ2n) is 6.91. The Morgan fingerprint density at radius 2 is 1.93 bits per heavy atom. The molecule has 1 aliphatic rings. The molecule has 0 atom stereocenters. The van der Waals surface area contributed by atoms with E-state index in [4.69, 9.17) is 0 Å². The number of sulfone groups is 1. The molecule has 1 fully saturated rings. The minimum absolute atomic E-state index is 0.282. The van der Waals surface area contributed by atoms with Crippen LogP contribution in [0.4, 0.5) is 11.6 Å². The van der Waals surface area contributed by atoms with E-state index in [1.165, 1.54) is 6.26 Å². The standard InChI is InChI=1S/C18H22N6O2S/c1-27(25,26)16-4-2-15(3-5-16)22-18-20-10-14-11-21-24(17(14)23-18)12-13-6-8-19-9-7-13/h2-5,10-11,13,19H,6-9,12H2,1H3,(H,20,22,23). The van der Waals surface area contributed by atoms with Gasteiger partial charge in [-0.2, -0.15) is 10.1 Å². The minimum Gasteiger partial charge on any atom is -0.324 e. The van der Waals surface area contributed by atoms with Gasteiger partial charge in [0.05, 0.1) is 16.5 Å². The molecule has 2 N–H and O–H groups in total. The summed E-state index contributed by atoms with van der Waals surface area (Å²) in [6.45, 7) is 2.95. The molecule has 0 bridgehead atoms. The van der Waals surface area contributed by atoms with Gasteiger partial charge in [0.1, 0.15) is 0 Å². The minimum atomic E-state index is -3.21.